The van der Waals surface area contributed by atoms with Crippen LogP contribution in [0.25, 0.3) is 11.2 Å². The van der Waals surface area contributed by atoms with Gasteiger partial charge in [0.05, 0.1) is 46.5 Å². The minimum atomic E-state index is -1.08. The predicted octanol–water partition coefficient (Wildman–Crippen LogP) is 4.18. The van der Waals surface area contributed by atoms with Gasteiger partial charge in [0.15, 0.2) is 11.2 Å². The molecule has 13 heteroatoms. The molecule has 7 rings (SSSR count). The Morgan fingerprint density at radius 1 is 0.960 bits per heavy atom. The molecule has 0 saturated carbocycles. The number of H-pyrrole nitrogens is 1. The van der Waals surface area contributed by atoms with E-state index in [9.17, 15) is 9.90 Å². The largest absolute Gasteiger partial charge is 0.497 e. The standard InChI is InChI=1S/C37H40N6O7/c1-24(42-17-19-48-20-18-42)39-36-40-34-33(35(45)41-36)38-23-43(34)32-21-30(44)31(50-32)22-49-37(25-7-5-4-6-8-25,26-9-13-28(46-2)14-10-26)27-11-15-29(47-3)16-12-27/h4-16,23,30-32,44H,17-22H2,1-3H3,(H,40,41,45)/b39-24+/t30-,31-,32-/m1/s1. The molecular formula is C37H40N6O7. The fourth-order valence-corrected chi connectivity index (χ4v) is 6.61. The van der Waals surface area contributed by atoms with E-state index in [1.165, 1.54) is 6.33 Å². The lowest BCUT2D eigenvalue weighted by Crippen LogP contribution is -2.39. The van der Waals surface area contributed by atoms with E-state index in [1.807, 2.05) is 85.8 Å². The number of ether oxygens (including phenoxy) is 5. The Bertz CT molecular complexity index is 1940. The fourth-order valence-electron chi connectivity index (χ4n) is 6.61. The highest BCUT2D eigenvalue weighted by Gasteiger charge is 2.42. The quantitative estimate of drug-likeness (QED) is 0.125. The molecule has 2 aliphatic heterocycles. The Morgan fingerprint density at radius 3 is 2.20 bits per heavy atom. The summed E-state index contributed by atoms with van der Waals surface area (Å²) in [6.07, 6.45) is -0.481. The van der Waals surface area contributed by atoms with Gasteiger partial charge in [-0.25, -0.2) is 9.98 Å². The van der Waals surface area contributed by atoms with Crippen LogP contribution in [0.2, 0.25) is 0 Å². The minimum Gasteiger partial charge on any atom is -0.497 e. The molecule has 2 fully saturated rings. The van der Waals surface area contributed by atoms with Crippen LogP contribution >= 0.6 is 0 Å². The highest BCUT2D eigenvalue weighted by atomic mass is 16.6. The van der Waals surface area contributed by atoms with E-state index >= 15 is 0 Å². The average Bonchev–Trinajstić information content (AvgIpc) is 3.76. The molecule has 3 atom stereocenters. The van der Waals surface area contributed by atoms with Crippen LogP contribution in [0.5, 0.6) is 11.5 Å². The van der Waals surface area contributed by atoms with Crippen molar-refractivity contribution in [3.8, 4) is 11.5 Å². The summed E-state index contributed by atoms with van der Waals surface area (Å²) >= 11 is 0. The zero-order chi connectivity index (χ0) is 34.7. The third-order valence-electron chi connectivity index (χ3n) is 9.31. The first kappa shape index (κ1) is 33.4. The van der Waals surface area contributed by atoms with E-state index in [-0.39, 0.29) is 24.5 Å². The van der Waals surface area contributed by atoms with Gasteiger partial charge >= 0.3 is 0 Å². The predicted molar refractivity (Wildman–Crippen MR) is 186 cm³/mol. The number of imidazole rings is 1. The number of nitrogens with one attached hydrogen (secondary N) is 1. The second-order valence-electron chi connectivity index (χ2n) is 12.2. The van der Waals surface area contributed by atoms with Gasteiger partial charge in [-0.3, -0.25) is 14.3 Å². The van der Waals surface area contributed by atoms with Gasteiger partial charge in [-0.2, -0.15) is 4.98 Å². The number of hydrogen-bond acceptors (Lipinski definition) is 10. The Kier molecular flexibility index (Phi) is 9.63. The number of amidine groups is 1. The summed E-state index contributed by atoms with van der Waals surface area (Å²) in [6, 6.07) is 25.4. The van der Waals surface area contributed by atoms with Crippen LogP contribution in [0, 0.1) is 0 Å². The van der Waals surface area contributed by atoms with Crippen molar-refractivity contribution in [1.29, 1.82) is 0 Å². The number of methoxy groups -OCH3 is 2. The van der Waals surface area contributed by atoms with Gasteiger partial charge in [0.1, 0.15) is 35.3 Å². The number of aromatic amines is 1. The van der Waals surface area contributed by atoms with Crippen molar-refractivity contribution in [3.05, 3.63) is 112 Å². The molecule has 0 spiro atoms. The lowest BCUT2D eigenvalue weighted by molar-refractivity contribution is -0.0931. The first-order chi connectivity index (χ1) is 24.4. The van der Waals surface area contributed by atoms with E-state index in [0.717, 1.165) is 22.5 Å². The van der Waals surface area contributed by atoms with Crippen LogP contribution in [-0.4, -0.2) is 94.7 Å². The molecule has 4 heterocycles. The first-order valence-electron chi connectivity index (χ1n) is 16.6. The normalized spacial score (nSPS) is 20.0. The highest BCUT2D eigenvalue weighted by Crippen LogP contribution is 2.43. The maximum atomic E-state index is 13.0. The van der Waals surface area contributed by atoms with Crippen molar-refractivity contribution >= 4 is 22.9 Å². The van der Waals surface area contributed by atoms with Crippen molar-refractivity contribution < 1.29 is 28.8 Å². The Hall–Kier alpha value is -5.08. The Balaban J connectivity index is 1.19. The van der Waals surface area contributed by atoms with Crippen LogP contribution < -0.4 is 15.0 Å². The van der Waals surface area contributed by atoms with E-state index in [0.29, 0.717) is 43.4 Å². The van der Waals surface area contributed by atoms with Crippen molar-refractivity contribution in [2.75, 3.05) is 47.1 Å². The van der Waals surface area contributed by atoms with Gasteiger partial charge in [-0.05, 0) is 47.9 Å². The zero-order valence-electron chi connectivity index (χ0n) is 28.2. The molecule has 50 heavy (non-hydrogen) atoms. The van der Waals surface area contributed by atoms with E-state index in [1.54, 1.807) is 18.8 Å². The summed E-state index contributed by atoms with van der Waals surface area (Å²) in [5, 5.41) is 11.4. The van der Waals surface area contributed by atoms with Crippen molar-refractivity contribution in [2.45, 2.75) is 37.4 Å². The van der Waals surface area contributed by atoms with Gasteiger partial charge < -0.3 is 33.7 Å². The molecule has 3 aromatic carbocycles. The number of aliphatic imine (C=N–C) groups is 1. The van der Waals surface area contributed by atoms with Crippen LogP contribution in [0.4, 0.5) is 5.95 Å². The molecule has 2 aliphatic rings. The third kappa shape index (κ3) is 6.48. The minimum absolute atomic E-state index is 0.0412. The highest BCUT2D eigenvalue weighted by molar-refractivity contribution is 5.82. The number of morpholine rings is 1. The van der Waals surface area contributed by atoms with E-state index < -0.39 is 29.6 Å². The number of fused-ring (bicyclic) bond motifs is 1. The second kappa shape index (κ2) is 14.4. The maximum absolute atomic E-state index is 13.0. The third-order valence-corrected chi connectivity index (χ3v) is 9.31. The Labute approximate surface area is 289 Å². The van der Waals surface area contributed by atoms with Gasteiger partial charge in [-0.15, -0.1) is 0 Å². The van der Waals surface area contributed by atoms with Gasteiger partial charge in [0, 0.05) is 19.5 Å². The second-order valence-corrected chi connectivity index (χ2v) is 12.2. The lowest BCUT2D eigenvalue weighted by atomic mass is 9.80. The van der Waals surface area contributed by atoms with Crippen LogP contribution in [0.3, 0.4) is 0 Å². The van der Waals surface area contributed by atoms with Crippen LogP contribution in [0.15, 0.2) is 95.0 Å². The summed E-state index contributed by atoms with van der Waals surface area (Å²) in [5.41, 5.74) is 1.61. The zero-order valence-corrected chi connectivity index (χ0v) is 28.2. The Morgan fingerprint density at radius 2 is 1.58 bits per heavy atom. The summed E-state index contributed by atoms with van der Waals surface area (Å²) in [7, 11) is 3.26. The number of aromatic nitrogens is 4. The molecule has 260 valence electrons. The van der Waals surface area contributed by atoms with Gasteiger partial charge in [0.25, 0.3) is 5.56 Å². The molecule has 2 aromatic heterocycles. The smallest absolute Gasteiger partial charge is 0.280 e. The van der Waals surface area contributed by atoms with E-state index in [4.69, 9.17) is 23.7 Å². The lowest BCUT2D eigenvalue weighted by Gasteiger charge is -2.37. The van der Waals surface area contributed by atoms with E-state index in [2.05, 4.69) is 24.8 Å². The molecule has 0 amide bonds. The SMILES string of the molecule is COc1ccc(C(OC[C@H]2O[C@@H](n3cnc4c(=O)[nH]c(/N=C(\C)N5CCOCC5)nc43)C[C@H]2O)(c2ccccc2)c2ccc(OC)cc2)cc1. The van der Waals surface area contributed by atoms with Crippen LogP contribution in [0.1, 0.15) is 36.3 Å². The fraction of sp³-hybridized carbons (Fsp3) is 0.351. The average molecular weight is 681 g/mol. The summed E-state index contributed by atoms with van der Waals surface area (Å²) in [4.78, 5) is 31.4. The number of aliphatic hydroxyl groups is 1. The van der Waals surface area contributed by atoms with Crippen molar-refractivity contribution in [1.82, 2.24) is 24.4 Å². The molecule has 2 saturated heterocycles. The summed E-state index contributed by atoms with van der Waals surface area (Å²) < 4.78 is 31.5. The number of benzene rings is 3. The molecule has 0 unspecified atom stereocenters. The van der Waals surface area contributed by atoms with Gasteiger partial charge in [-0.1, -0.05) is 54.6 Å². The first-order valence-corrected chi connectivity index (χ1v) is 16.6. The molecule has 13 nitrogen and oxygen atoms in total. The number of hydrogen-bond donors (Lipinski definition) is 2. The monoisotopic (exact) mass is 680 g/mol. The maximum Gasteiger partial charge on any atom is 0.280 e. The number of aliphatic hydroxyl groups excluding tert-OH is 1. The van der Waals surface area contributed by atoms with Crippen molar-refractivity contribution in [2.24, 2.45) is 4.99 Å². The molecule has 0 bridgehead atoms. The summed E-state index contributed by atoms with van der Waals surface area (Å²) in [5.74, 6) is 2.32. The van der Waals surface area contributed by atoms with Crippen molar-refractivity contribution in [3.63, 3.8) is 0 Å². The topological polar surface area (TPSA) is 146 Å². The molecule has 5 aromatic rings. The molecule has 2 N–H and O–H groups in total. The summed E-state index contributed by atoms with van der Waals surface area (Å²) in [6.45, 7) is 4.56. The molecule has 0 radical (unpaired) electrons. The number of nitrogens with zero attached hydrogens (tertiary/aromatic N) is 5. The molecule has 0 aliphatic carbocycles. The number of rotatable bonds is 10. The van der Waals surface area contributed by atoms with Crippen LogP contribution in [-0.2, 0) is 19.8 Å². The van der Waals surface area contributed by atoms with Gasteiger partial charge in [0.2, 0.25) is 5.95 Å². The molecular weight excluding hydrogens is 640 g/mol.